The number of esters is 1. The molecule has 0 aliphatic carbocycles. The Kier molecular flexibility index (Phi) is 7.48. The number of nitrogens with two attached hydrogens (primary N) is 1. The van der Waals surface area contributed by atoms with E-state index in [2.05, 4.69) is 11.9 Å². The third kappa shape index (κ3) is 6.20. The van der Waals surface area contributed by atoms with Gasteiger partial charge in [-0.15, -0.1) is 0 Å². The number of hydrogen-bond acceptors (Lipinski definition) is 5. The number of hydrogen-bond donors (Lipinski definition) is 1. The van der Waals surface area contributed by atoms with Gasteiger partial charge in [-0.1, -0.05) is 0 Å². The van der Waals surface area contributed by atoms with Gasteiger partial charge in [0.2, 0.25) is 0 Å². The molecule has 118 valence electrons. The standard InChI is InChI=1S/C15H30N2O3/c1-4-20-14(18)15(2,16)8-5-9-17(3)12-13-6-10-19-11-7-13/h13H,4-12,16H2,1-3H3. The molecular weight excluding hydrogens is 256 g/mol. The van der Waals surface area contributed by atoms with E-state index in [0.29, 0.717) is 13.0 Å². The molecule has 0 aromatic carbocycles. The first-order chi connectivity index (χ1) is 9.45. The fourth-order valence-electron chi connectivity index (χ4n) is 2.58. The van der Waals surface area contributed by atoms with Crippen LogP contribution >= 0.6 is 0 Å². The van der Waals surface area contributed by atoms with Crippen molar-refractivity contribution in [3.05, 3.63) is 0 Å². The molecular formula is C15H30N2O3. The van der Waals surface area contributed by atoms with Crippen LogP contribution in [0.3, 0.4) is 0 Å². The molecule has 1 heterocycles. The molecule has 0 spiro atoms. The Morgan fingerprint density at radius 1 is 1.45 bits per heavy atom. The molecule has 1 rings (SSSR count). The molecule has 1 aliphatic rings. The van der Waals surface area contributed by atoms with Crippen LogP contribution < -0.4 is 5.73 Å². The third-order valence-corrected chi connectivity index (χ3v) is 3.89. The molecule has 0 aromatic heterocycles. The van der Waals surface area contributed by atoms with Gasteiger partial charge in [-0.3, -0.25) is 4.79 Å². The molecule has 0 bridgehead atoms. The smallest absolute Gasteiger partial charge is 0.325 e. The lowest BCUT2D eigenvalue weighted by molar-refractivity contribution is -0.149. The average Bonchev–Trinajstić information content (AvgIpc) is 2.39. The van der Waals surface area contributed by atoms with E-state index >= 15 is 0 Å². The monoisotopic (exact) mass is 286 g/mol. The minimum Gasteiger partial charge on any atom is -0.465 e. The lowest BCUT2D eigenvalue weighted by atomic mass is 9.96. The Morgan fingerprint density at radius 2 is 2.10 bits per heavy atom. The van der Waals surface area contributed by atoms with Gasteiger partial charge in [0.15, 0.2) is 0 Å². The highest BCUT2D eigenvalue weighted by Crippen LogP contribution is 2.16. The zero-order chi connectivity index (χ0) is 15.0. The van der Waals surface area contributed by atoms with Gasteiger partial charge in [0, 0.05) is 19.8 Å². The summed E-state index contributed by atoms with van der Waals surface area (Å²) in [5.74, 6) is 0.440. The molecule has 0 amide bonds. The van der Waals surface area contributed by atoms with Crippen LogP contribution in [-0.4, -0.2) is 56.4 Å². The van der Waals surface area contributed by atoms with Crippen molar-refractivity contribution in [2.45, 2.75) is 45.1 Å². The maximum atomic E-state index is 11.7. The van der Waals surface area contributed by atoms with Gasteiger partial charge < -0.3 is 20.1 Å². The molecule has 1 fully saturated rings. The first-order valence-electron chi connectivity index (χ1n) is 7.68. The van der Waals surface area contributed by atoms with E-state index in [9.17, 15) is 4.79 Å². The van der Waals surface area contributed by atoms with Gasteiger partial charge in [0.05, 0.1) is 6.61 Å². The average molecular weight is 286 g/mol. The van der Waals surface area contributed by atoms with Crippen molar-refractivity contribution in [2.24, 2.45) is 11.7 Å². The normalized spacial score (nSPS) is 19.9. The zero-order valence-corrected chi connectivity index (χ0v) is 13.2. The zero-order valence-electron chi connectivity index (χ0n) is 13.2. The first-order valence-corrected chi connectivity index (χ1v) is 7.68. The summed E-state index contributed by atoms with van der Waals surface area (Å²) < 4.78 is 10.4. The lowest BCUT2D eigenvalue weighted by Crippen LogP contribution is -2.46. The van der Waals surface area contributed by atoms with E-state index in [-0.39, 0.29) is 5.97 Å². The summed E-state index contributed by atoms with van der Waals surface area (Å²) in [7, 11) is 2.13. The number of rotatable bonds is 8. The number of ether oxygens (including phenoxy) is 2. The summed E-state index contributed by atoms with van der Waals surface area (Å²) in [6, 6.07) is 0. The van der Waals surface area contributed by atoms with Crippen molar-refractivity contribution < 1.29 is 14.3 Å². The molecule has 1 aliphatic heterocycles. The van der Waals surface area contributed by atoms with E-state index in [1.165, 1.54) is 0 Å². The molecule has 2 N–H and O–H groups in total. The summed E-state index contributed by atoms with van der Waals surface area (Å²) in [5, 5.41) is 0. The molecule has 5 heteroatoms. The molecule has 1 saturated heterocycles. The minimum absolute atomic E-state index is 0.299. The van der Waals surface area contributed by atoms with E-state index in [4.69, 9.17) is 15.2 Å². The lowest BCUT2D eigenvalue weighted by Gasteiger charge is -2.28. The largest absolute Gasteiger partial charge is 0.465 e. The number of carbonyl (C=O) groups excluding carboxylic acids is 1. The van der Waals surface area contributed by atoms with Crippen LogP contribution in [0.15, 0.2) is 0 Å². The van der Waals surface area contributed by atoms with Crippen molar-refractivity contribution in [3.63, 3.8) is 0 Å². The van der Waals surface area contributed by atoms with Gasteiger partial charge in [-0.25, -0.2) is 0 Å². The van der Waals surface area contributed by atoms with Gasteiger partial charge >= 0.3 is 5.97 Å². The second-order valence-corrected chi connectivity index (χ2v) is 6.06. The Labute approximate surface area is 122 Å². The molecule has 0 saturated carbocycles. The molecule has 1 atom stereocenters. The van der Waals surface area contributed by atoms with Gasteiger partial charge in [0.25, 0.3) is 0 Å². The molecule has 0 radical (unpaired) electrons. The van der Waals surface area contributed by atoms with Crippen LogP contribution in [0.2, 0.25) is 0 Å². The highest BCUT2D eigenvalue weighted by atomic mass is 16.5. The fraction of sp³-hybridized carbons (Fsp3) is 0.933. The quantitative estimate of drug-likeness (QED) is 0.683. The molecule has 20 heavy (non-hydrogen) atoms. The van der Waals surface area contributed by atoms with E-state index in [0.717, 1.165) is 51.5 Å². The van der Waals surface area contributed by atoms with Crippen molar-refractivity contribution in [1.82, 2.24) is 4.90 Å². The van der Waals surface area contributed by atoms with Gasteiger partial charge in [-0.05, 0) is 59.0 Å². The van der Waals surface area contributed by atoms with Crippen molar-refractivity contribution in [1.29, 1.82) is 0 Å². The van der Waals surface area contributed by atoms with Crippen LogP contribution in [0.1, 0.15) is 39.5 Å². The second-order valence-electron chi connectivity index (χ2n) is 6.06. The minimum atomic E-state index is -0.866. The molecule has 5 nitrogen and oxygen atoms in total. The van der Waals surface area contributed by atoms with Crippen molar-refractivity contribution in [3.8, 4) is 0 Å². The van der Waals surface area contributed by atoms with Gasteiger partial charge in [0.1, 0.15) is 5.54 Å². The maximum absolute atomic E-state index is 11.7. The van der Waals surface area contributed by atoms with E-state index in [1.54, 1.807) is 13.8 Å². The highest BCUT2D eigenvalue weighted by Gasteiger charge is 2.29. The van der Waals surface area contributed by atoms with Crippen LogP contribution in [0.25, 0.3) is 0 Å². The maximum Gasteiger partial charge on any atom is 0.325 e. The van der Waals surface area contributed by atoms with Gasteiger partial charge in [-0.2, -0.15) is 0 Å². The first kappa shape index (κ1) is 17.4. The predicted molar refractivity (Wildman–Crippen MR) is 79.5 cm³/mol. The number of nitrogens with zero attached hydrogens (tertiary/aromatic N) is 1. The summed E-state index contributed by atoms with van der Waals surface area (Å²) in [6.45, 7) is 7.78. The van der Waals surface area contributed by atoms with Crippen molar-refractivity contribution >= 4 is 5.97 Å². The van der Waals surface area contributed by atoms with E-state index in [1.807, 2.05) is 0 Å². The molecule has 1 unspecified atom stereocenters. The molecule has 0 aromatic rings. The van der Waals surface area contributed by atoms with Crippen LogP contribution in [-0.2, 0) is 14.3 Å². The summed E-state index contributed by atoms with van der Waals surface area (Å²) in [5.41, 5.74) is 5.14. The van der Waals surface area contributed by atoms with Crippen molar-refractivity contribution in [2.75, 3.05) is 40.0 Å². The topological polar surface area (TPSA) is 64.8 Å². The summed E-state index contributed by atoms with van der Waals surface area (Å²) in [4.78, 5) is 14.0. The number of carbonyl (C=O) groups is 1. The Bertz CT molecular complexity index is 289. The predicted octanol–water partition coefficient (Wildman–Crippen LogP) is 1.41. The van der Waals surface area contributed by atoms with Crippen LogP contribution in [0, 0.1) is 5.92 Å². The SMILES string of the molecule is CCOC(=O)C(C)(N)CCCN(C)CC1CCOCC1. The van der Waals surface area contributed by atoms with Crippen LogP contribution in [0.5, 0.6) is 0 Å². The second kappa shape index (κ2) is 8.60. The van der Waals surface area contributed by atoms with E-state index < -0.39 is 5.54 Å². The Hall–Kier alpha value is -0.650. The Morgan fingerprint density at radius 3 is 2.70 bits per heavy atom. The fourth-order valence-corrected chi connectivity index (χ4v) is 2.58. The third-order valence-electron chi connectivity index (χ3n) is 3.89. The summed E-state index contributed by atoms with van der Waals surface area (Å²) >= 11 is 0. The Balaban J connectivity index is 2.20. The van der Waals surface area contributed by atoms with Crippen LogP contribution in [0.4, 0.5) is 0 Å². The highest BCUT2D eigenvalue weighted by molar-refractivity contribution is 5.79. The summed E-state index contributed by atoms with van der Waals surface area (Å²) in [6.07, 6.45) is 3.87.